The molecule has 2 N–H and O–H groups in total. The first-order valence-electron chi connectivity index (χ1n) is 8.82. The molecule has 0 aliphatic carbocycles. The molecule has 25 heavy (non-hydrogen) atoms. The lowest BCUT2D eigenvalue weighted by atomic mass is 9.76. The van der Waals surface area contributed by atoms with Crippen molar-refractivity contribution in [3.63, 3.8) is 0 Å². The lowest BCUT2D eigenvalue weighted by Gasteiger charge is -2.43. The molecular weight excluding hydrogens is 314 g/mol. The van der Waals surface area contributed by atoms with Crippen LogP contribution in [-0.2, 0) is 10.2 Å². The van der Waals surface area contributed by atoms with Crippen LogP contribution in [0.2, 0.25) is 0 Å². The molecule has 134 valence electrons. The highest BCUT2D eigenvalue weighted by Crippen LogP contribution is 2.46. The van der Waals surface area contributed by atoms with Gasteiger partial charge >= 0.3 is 0 Å². The zero-order valence-electron chi connectivity index (χ0n) is 15.5. The van der Waals surface area contributed by atoms with E-state index in [1.54, 1.807) is 0 Å². The third-order valence-corrected chi connectivity index (χ3v) is 4.50. The number of fused-ring (bicyclic) bond motifs is 1. The average molecular weight is 341 g/mol. The Hall–Kier alpha value is -2.20. The molecule has 0 saturated heterocycles. The Bertz CT molecular complexity index is 739. The van der Waals surface area contributed by atoms with Crippen molar-refractivity contribution in [1.82, 2.24) is 0 Å². The van der Waals surface area contributed by atoms with Crippen molar-refractivity contribution < 1.29 is 14.2 Å². The monoisotopic (exact) mass is 341 g/mol. The van der Waals surface area contributed by atoms with Gasteiger partial charge in [-0.25, -0.2) is 0 Å². The Kier molecular flexibility index (Phi) is 4.65. The van der Waals surface area contributed by atoms with Gasteiger partial charge in [0.15, 0.2) is 0 Å². The van der Waals surface area contributed by atoms with Crippen molar-refractivity contribution in [1.29, 1.82) is 0 Å². The van der Waals surface area contributed by atoms with Crippen molar-refractivity contribution in [2.45, 2.75) is 51.7 Å². The topological polar surface area (TPSA) is 53.7 Å². The van der Waals surface area contributed by atoms with Crippen LogP contribution in [0, 0.1) is 0 Å². The van der Waals surface area contributed by atoms with Crippen molar-refractivity contribution >= 4 is 5.69 Å². The van der Waals surface area contributed by atoms with Gasteiger partial charge in [0.2, 0.25) is 5.79 Å². The van der Waals surface area contributed by atoms with Gasteiger partial charge in [0.25, 0.3) is 0 Å². The van der Waals surface area contributed by atoms with E-state index in [1.165, 1.54) is 5.56 Å². The Morgan fingerprint density at radius 2 is 1.72 bits per heavy atom. The second kappa shape index (κ2) is 6.60. The summed E-state index contributed by atoms with van der Waals surface area (Å²) >= 11 is 0. The molecule has 0 spiro atoms. The quantitative estimate of drug-likeness (QED) is 0.753. The van der Waals surface area contributed by atoms with Gasteiger partial charge < -0.3 is 19.9 Å². The van der Waals surface area contributed by atoms with Gasteiger partial charge in [0.05, 0.1) is 6.61 Å². The minimum Gasteiger partial charge on any atom is -0.462 e. The van der Waals surface area contributed by atoms with E-state index >= 15 is 0 Å². The van der Waals surface area contributed by atoms with Gasteiger partial charge in [-0.3, -0.25) is 0 Å². The SMILES string of the molecule is CCCOC1(C)CC(C)(C)c2ccc(Oc3ccc(N)cc3)cc2O1. The number of rotatable bonds is 5. The van der Waals surface area contributed by atoms with E-state index in [-0.39, 0.29) is 5.41 Å². The zero-order chi connectivity index (χ0) is 18.1. The molecule has 2 aromatic carbocycles. The molecule has 1 atom stereocenters. The molecular formula is C21H27NO3. The molecule has 0 aromatic heterocycles. The normalized spacial score (nSPS) is 21.3. The summed E-state index contributed by atoms with van der Waals surface area (Å²) in [6.45, 7) is 9.25. The van der Waals surface area contributed by atoms with Crippen LogP contribution < -0.4 is 15.2 Å². The molecule has 3 rings (SSSR count). The molecule has 1 heterocycles. The van der Waals surface area contributed by atoms with Crippen LogP contribution in [0.5, 0.6) is 17.2 Å². The number of hydrogen-bond acceptors (Lipinski definition) is 4. The zero-order valence-corrected chi connectivity index (χ0v) is 15.5. The Morgan fingerprint density at radius 3 is 2.40 bits per heavy atom. The molecule has 1 unspecified atom stereocenters. The van der Waals surface area contributed by atoms with E-state index in [0.29, 0.717) is 12.3 Å². The van der Waals surface area contributed by atoms with Crippen molar-refractivity contribution in [3.05, 3.63) is 48.0 Å². The van der Waals surface area contributed by atoms with Crippen LogP contribution in [0.3, 0.4) is 0 Å². The molecule has 0 saturated carbocycles. The highest BCUT2D eigenvalue weighted by Gasteiger charge is 2.42. The molecule has 2 aromatic rings. The number of benzene rings is 2. The summed E-state index contributed by atoms with van der Waals surface area (Å²) in [4.78, 5) is 0. The van der Waals surface area contributed by atoms with Crippen molar-refractivity contribution in [3.8, 4) is 17.2 Å². The summed E-state index contributed by atoms with van der Waals surface area (Å²) in [7, 11) is 0. The van der Waals surface area contributed by atoms with E-state index < -0.39 is 5.79 Å². The Labute approximate surface area is 149 Å². The van der Waals surface area contributed by atoms with E-state index in [0.717, 1.165) is 30.1 Å². The van der Waals surface area contributed by atoms with Gasteiger partial charge in [0.1, 0.15) is 17.2 Å². The fourth-order valence-electron chi connectivity index (χ4n) is 3.45. The number of ether oxygens (including phenoxy) is 3. The Balaban J connectivity index is 1.87. The molecule has 4 heteroatoms. The van der Waals surface area contributed by atoms with Crippen LogP contribution in [0.25, 0.3) is 0 Å². The van der Waals surface area contributed by atoms with Crippen LogP contribution in [0.1, 0.15) is 46.1 Å². The molecule has 1 aliphatic rings. The summed E-state index contributed by atoms with van der Waals surface area (Å²) in [5, 5.41) is 0. The molecule has 1 aliphatic heterocycles. The first-order valence-corrected chi connectivity index (χ1v) is 8.82. The van der Waals surface area contributed by atoms with Crippen LogP contribution in [0.4, 0.5) is 5.69 Å². The summed E-state index contributed by atoms with van der Waals surface area (Å²) in [5.41, 5.74) is 7.58. The molecule has 0 bridgehead atoms. The molecule has 0 fully saturated rings. The lowest BCUT2D eigenvalue weighted by molar-refractivity contribution is -0.191. The van der Waals surface area contributed by atoms with E-state index in [9.17, 15) is 0 Å². The van der Waals surface area contributed by atoms with E-state index in [4.69, 9.17) is 19.9 Å². The fourth-order valence-corrected chi connectivity index (χ4v) is 3.45. The van der Waals surface area contributed by atoms with Gasteiger partial charge in [-0.2, -0.15) is 0 Å². The third kappa shape index (κ3) is 3.90. The summed E-state index contributed by atoms with van der Waals surface area (Å²) in [6.07, 6.45) is 1.78. The number of nitrogens with two attached hydrogens (primary N) is 1. The minimum absolute atomic E-state index is 0.0319. The van der Waals surface area contributed by atoms with E-state index in [1.807, 2.05) is 43.3 Å². The minimum atomic E-state index is -0.619. The maximum Gasteiger partial charge on any atom is 0.208 e. The standard InChI is InChI=1S/C21H27NO3/c1-5-12-23-21(4)14-20(2,3)18-11-10-17(13-19(18)25-21)24-16-8-6-15(22)7-9-16/h6-11,13H,5,12,14,22H2,1-4H3. The van der Waals surface area contributed by atoms with Gasteiger partial charge in [-0.05, 0) is 42.2 Å². The van der Waals surface area contributed by atoms with Crippen molar-refractivity contribution in [2.24, 2.45) is 0 Å². The third-order valence-electron chi connectivity index (χ3n) is 4.50. The second-order valence-corrected chi connectivity index (χ2v) is 7.47. The largest absolute Gasteiger partial charge is 0.462 e. The average Bonchev–Trinajstić information content (AvgIpc) is 2.54. The lowest BCUT2D eigenvalue weighted by Crippen LogP contribution is -2.46. The maximum atomic E-state index is 6.23. The predicted octanol–water partition coefficient (Wildman–Crippen LogP) is 5.26. The first-order chi connectivity index (χ1) is 11.8. The van der Waals surface area contributed by atoms with Crippen LogP contribution in [0.15, 0.2) is 42.5 Å². The highest BCUT2D eigenvalue weighted by atomic mass is 16.7. The van der Waals surface area contributed by atoms with Crippen molar-refractivity contribution in [2.75, 3.05) is 12.3 Å². The molecule has 4 nitrogen and oxygen atoms in total. The van der Waals surface area contributed by atoms with Gasteiger partial charge in [0, 0.05) is 30.7 Å². The van der Waals surface area contributed by atoms with Gasteiger partial charge in [-0.1, -0.05) is 26.8 Å². The van der Waals surface area contributed by atoms with Gasteiger partial charge in [-0.15, -0.1) is 0 Å². The number of anilines is 1. The fraction of sp³-hybridized carbons (Fsp3) is 0.429. The second-order valence-electron chi connectivity index (χ2n) is 7.47. The maximum absolute atomic E-state index is 6.23. The van der Waals surface area contributed by atoms with Crippen LogP contribution in [-0.4, -0.2) is 12.4 Å². The predicted molar refractivity (Wildman–Crippen MR) is 100 cm³/mol. The Morgan fingerprint density at radius 1 is 1.04 bits per heavy atom. The van der Waals surface area contributed by atoms with E-state index in [2.05, 4.69) is 26.8 Å². The number of nitrogen functional groups attached to an aromatic ring is 1. The summed E-state index contributed by atoms with van der Waals surface area (Å²) in [6, 6.07) is 13.4. The summed E-state index contributed by atoms with van der Waals surface area (Å²) < 4.78 is 18.2. The summed E-state index contributed by atoms with van der Waals surface area (Å²) in [5.74, 6) is 1.68. The number of hydrogen-bond donors (Lipinski definition) is 1. The van der Waals surface area contributed by atoms with Crippen LogP contribution >= 0.6 is 0 Å². The molecule has 0 amide bonds. The molecule has 0 radical (unpaired) electrons. The highest BCUT2D eigenvalue weighted by molar-refractivity contribution is 5.48. The smallest absolute Gasteiger partial charge is 0.208 e. The first kappa shape index (κ1) is 17.6.